The van der Waals surface area contributed by atoms with E-state index in [1.807, 2.05) is 32.0 Å². The van der Waals surface area contributed by atoms with Gasteiger partial charge in [-0.1, -0.05) is 12.1 Å². The monoisotopic (exact) mass is 246 g/mol. The van der Waals surface area contributed by atoms with Gasteiger partial charge < -0.3 is 5.73 Å². The first-order valence-corrected chi connectivity index (χ1v) is 6.19. The molecule has 0 radical (unpaired) electrons. The standard InChI is InChI=1S/C14H18N2O2/c1-9(2)16-13(17)7-11(8-14(16)18)10-4-3-5-12(15)6-10/h3-6,9,11H,7-8,15H2,1-2H3. The van der Waals surface area contributed by atoms with Crippen LogP contribution in [0.4, 0.5) is 5.69 Å². The van der Waals surface area contributed by atoms with Crippen LogP contribution in [0.5, 0.6) is 0 Å². The van der Waals surface area contributed by atoms with Gasteiger partial charge in [-0.3, -0.25) is 14.5 Å². The van der Waals surface area contributed by atoms with Gasteiger partial charge in [0, 0.05) is 30.5 Å². The van der Waals surface area contributed by atoms with E-state index >= 15 is 0 Å². The van der Waals surface area contributed by atoms with Crippen molar-refractivity contribution in [2.45, 2.75) is 38.6 Å². The first-order chi connectivity index (χ1) is 8.49. The second-order valence-electron chi connectivity index (χ2n) is 5.03. The maximum Gasteiger partial charge on any atom is 0.230 e. The normalized spacial score (nSPS) is 17.6. The molecule has 4 heteroatoms. The van der Waals surface area contributed by atoms with Crippen LogP contribution in [0, 0.1) is 0 Å². The van der Waals surface area contributed by atoms with E-state index in [9.17, 15) is 9.59 Å². The predicted octanol–water partition coefficient (Wildman–Crippen LogP) is 1.91. The summed E-state index contributed by atoms with van der Waals surface area (Å²) in [4.78, 5) is 25.3. The van der Waals surface area contributed by atoms with Crippen LogP contribution in [-0.2, 0) is 9.59 Å². The molecular formula is C14H18N2O2. The van der Waals surface area contributed by atoms with Crippen molar-refractivity contribution in [3.63, 3.8) is 0 Å². The number of amides is 2. The molecule has 2 amide bonds. The lowest BCUT2D eigenvalue weighted by atomic mass is 9.88. The van der Waals surface area contributed by atoms with Gasteiger partial charge in [-0.25, -0.2) is 0 Å². The van der Waals surface area contributed by atoms with E-state index in [4.69, 9.17) is 5.73 Å². The first-order valence-electron chi connectivity index (χ1n) is 6.19. The SMILES string of the molecule is CC(C)N1C(=O)CC(c2cccc(N)c2)CC1=O. The summed E-state index contributed by atoms with van der Waals surface area (Å²) >= 11 is 0. The lowest BCUT2D eigenvalue weighted by Crippen LogP contribution is -2.46. The van der Waals surface area contributed by atoms with Crippen LogP contribution in [0.2, 0.25) is 0 Å². The summed E-state index contributed by atoms with van der Waals surface area (Å²) in [5.41, 5.74) is 7.37. The number of nitrogens with two attached hydrogens (primary N) is 1. The molecule has 1 aromatic rings. The highest BCUT2D eigenvalue weighted by molar-refractivity contribution is 5.99. The van der Waals surface area contributed by atoms with Crippen LogP contribution in [0.25, 0.3) is 0 Å². The Labute approximate surface area is 107 Å². The van der Waals surface area contributed by atoms with Crippen molar-refractivity contribution in [1.29, 1.82) is 0 Å². The van der Waals surface area contributed by atoms with E-state index in [1.54, 1.807) is 6.07 Å². The molecular weight excluding hydrogens is 228 g/mol. The molecule has 0 unspecified atom stereocenters. The molecule has 1 aliphatic rings. The minimum atomic E-state index is -0.0892. The molecule has 1 aliphatic heterocycles. The third-order valence-corrected chi connectivity index (χ3v) is 3.28. The number of piperidine rings is 1. The van der Waals surface area contributed by atoms with Crippen molar-refractivity contribution < 1.29 is 9.59 Å². The summed E-state index contributed by atoms with van der Waals surface area (Å²) in [7, 11) is 0. The van der Waals surface area contributed by atoms with Gasteiger partial charge in [0.15, 0.2) is 0 Å². The van der Waals surface area contributed by atoms with Crippen LogP contribution in [-0.4, -0.2) is 22.8 Å². The lowest BCUT2D eigenvalue weighted by molar-refractivity contribution is -0.150. The van der Waals surface area contributed by atoms with Crippen molar-refractivity contribution in [2.24, 2.45) is 0 Å². The van der Waals surface area contributed by atoms with Gasteiger partial charge in [0.1, 0.15) is 0 Å². The highest BCUT2D eigenvalue weighted by Crippen LogP contribution is 2.31. The number of hydrogen-bond acceptors (Lipinski definition) is 3. The molecule has 1 saturated heterocycles. The molecule has 0 aromatic heterocycles. The van der Waals surface area contributed by atoms with Crippen LogP contribution < -0.4 is 5.73 Å². The van der Waals surface area contributed by atoms with E-state index in [1.165, 1.54) is 4.90 Å². The molecule has 2 rings (SSSR count). The highest BCUT2D eigenvalue weighted by Gasteiger charge is 2.34. The molecule has 1 fully saturated rings. The van der Waals surface area contributed by atoms with E-state index in [2.05, 4.69) is 0 Å². The Hall–Kier alpha value is -1.84. The van der Waals surface area contributed by atoms with Crippen LogP contribution in [0.3, 0.4) is 0 Å². The zero-order valence-electron chi connectivity index (χ0n) is 10.7. The molecule has 1 aromatic carbocycles. The fraction of sp³-hybridized carbons (Fsp3) is 0.429. The summed E-state index contributed by atoms with van der Waals surface area (Å²) in [5, 5.41) is 0. The Morgan fingerprint density at radius 3 is 2.33 bits per heavy atom. The largest absolute Gasteiger partial charge is 0.399 e. The zero-order valence-corrected chi connectivity index (χ0v) is 10.7. The fourth-order valence-electron chi connectivity index (χ4n) is 2.45. The first kappa shape index (κ1) is 12.6. The third kappa shape index (κ3) is 2.37. The Morgan fingerprint density at radius 1 is 1.22 bits per heavy atom. The van der Waals surface area contributed by atoms with Gasteiger partial charge in [-0.15, -0.1) is 0 Å². The van der Waals surface area contributed by atoms with Crippen molar-refractivity contribution in [3.05, 3.63) is 29.8 Å². The third-order valence-electron chi connectivity index (χ3n) is 3.28. The fourth-order valence-corrected chi connectivity index (χ4v) is 2.45. The van der Waals surface area contributed by atoms with Crippen LogP contribution in [0.1, 0.15) is 38.2 Å². The summed E-state index contributed by atoms with van der Waals surface area (Å²) < 4.78 is 0. The Balaban J connectivity index is 2.20. The van der Waals surface area contributed by atoms with Crippen LogP contribution in [0.15, 0.2) is 24.3 Å². The van der Waals surface area contributed by atoms with Gasteiger partial charge in [-0.2, -0.15) is 0 Å². The van der Waals surface area contributed by atoms with Gasteiger partial charge in [0.2, 0.25) is 11.8 Å². The molecule has 0 saturated carbocycles. The Kier molecular flexibility index (Phi) is 3.36. The summed E-state index contributed by atoms with van der Waals surface area (Å²) in [5.74, 6) is -0.217. The van der Waals surface area contributed by atoms with Crippen molar-refractivity contribution in [3.8, 4) is 0 Å². The molecule has 2 N–H and O–H groups in total. The zero-order chi connectivity index (χ0) is 13.3. The molecule has 18 heavy (non-hydrogen) atoms. The maximum atomic E-state index is 12.0. The molecule has 0 bridgehead atoms. The number of carbonyl (C=O) groups is 2. The topological polar surface area (TPSA) is 63.4 Å². The van der Waals surface area contributed by atoms with E-state index in [-0.39, 0.29) is 23.8 Å². The summed E-state index contributed by atoms with van der Waals surface area (Å²) in [6, 6.07) is 7.36. The summed E-state index contributed by atoms with van der Waals surface area (Å²) in [6.07, 6.45) is 0.765. The minimum Gasteiger partial charge on any atom is -0.399 e. The molecule has 96 valence electrons. The average Bonchev–Trinajstić information content (AvgIpc) is 2.27. The number of anilines is 1. The number of hydrogen-bond donors (Lipinski definition) is 1. The number of benzene rings is 1. The van der Waals surface area contributed by atoms with Gasteiger partial charge >= 0.3 is 0 Å². The van der Waals surface area contributed by atoms with Gasteiger partial charge in [-0.05, 0) is 31.5 Å². The number of carbonyl (C=O) groups excluding carboxylic acids is 2. The average molecular weight is 246 g/mol. The maximum absolute atomic E-state index is 12.0. The smallest absolute Gasteiger partial charge is 0.230 e. The minimum absolute atomic E-state index is 0.0384. The molecule has 1 heterocycles. The van der Waals surface area contributed by atoms with Crippen LogP contribution >= 0.6 is 0 Å². The number of nitrogens with zero attached hydrogens (tertiary/aromatic N) is 1. The van der Waals surface area contributed by atoms with E-state index < -0.39 is 0 Å². The number of imide groups is 1. The molecule has 0 aliphatic carbocycles. The van der Waals surface area contributed by atoms with Crippen molar-refractivity contribution >= 4 is 17.5 Å². The van der Waals surface area contributed by atoms with Gasteiger partial charge in [0.25, 0.3) is 0 Å². The quantitative estimate of drug-likeness (QED) is 0.640. The van der Waals surface area contributed by atoms with Crippen molar-refractivity contribution in [1.82, 2.24) is 4.90 Å². The number of likely N-dealkylation sites (tertiary alicyclic amines) is 1. The number of rotatable bonds is 2. The second kappa shape index (κ2) is 4.80. The van der Waals surface area contributed by atoms with E-state index in [0.717, 1.165) is 5.56 Å². The number of nitrogen functional groups attached to an aromatic ring is 1. The highest BCUT2D eigenvalue weighted by atomic mass is 16.2. The Bertz CT molecular complexity index is 464. The predicted molar refractivity (Wildman–Crippen MR) is 69.8 cm³/mol. The van der Waals surface area contributed by atoms with Gasteiger partial charge in [0.05, 0.1) is 0 Å². The molecule has 4 nitrogen and oxygen atoms in total. The summed E-state index contributed by atoms with van der Waals surface area (Å²) in [6.45, 7) is 3.72. The molecule has 0 spiro atoms. The lowest BCUT2D eigenvalue weighted by Gasteiger charge is -2.32. The molecule has 0 atom stereocenters. The Morgan fingerprint density at radius 2 is 1.83 bits per heavy atom. The van der Waals surface area contributed by atoms with E-state index in [0.29, 0.717) is 18.5 Å². The van der Waals surface area contributed by atoms with Crippen molar-refractivity contribution in [2.75, 3.05) is 5.73 Å². The second-order valence-corrected chi connectivity index (χ2v) is 5.03.